The summed E-state index contributed by atoms with van der Waals surface area (Å²) in [5.74, 6) is 0.300. The molecule has 6 aromatic carbocycles. The van der Waals surface area contributed by atoms with Crippen molar-refractivity contribution in [2.24, 2.45) is 20.5 Å². The molecule has 1 heterocycles. The van der Waals surface area contributed by atoms with Crippen molar-refractivity contribution in [3.05, 3.63) is 129 Å². The summed E-state index contributed by atoms with van der Waals surface area (Å²) in [7, 11) is -31.2. The van der Waals surface area contributed by atoms with Crippen LogP contribution >= 0.6 is 0 Å². The van der Waals surface area contributed by atoms with Crippen LogP contribution in [0.2, 0.25) is 0 Å². The first-order valence-corrected chi connectivity index (χ1v) is 27.9. The van der Waals surface area contributed by atoms with Crippen molar-refractivity contribution in [1.82, 2.24) is 15.0 Å². The molecule has 0 saturated carbocycles. The monoisotopic (exact) mass is 1090 g/mol. The fourth-order valence-electron chi connectivity index (χ4n) is 7.10. The molecule has 32 heteroatoms. The van der Waals surface area contributed by atoms with Gasteiger partial charge >= 0.3 is 5.69 Å². The Morgan fingerprint density at radius 1 is 0.437 bits per heavy atom. The fourth-order valence-corrected chi connectivity index (χ4v) is 11.2. The number of fused-ring (bicyclic) bond motifs is 2. The quantitative estimate of drug-likeness (QED) is 0.0516. The molecule has 7 N–H and O–H groups in total. The van der Waals surface area contributed by atoms with Crippen LogP contribution in [0.15, 0.2) is 140 Å². The molecule has 7 rings (SSSR count). The number of H-pyrrole nitrogens is 1. The Hall–Kier alpha value is -6.69. The molecule has 0 aliphatic heterocycles. The summed E-state index contributed by atoms with van der Waals surface area (Å²) in [6.45, 7) is 3.24. The van der Waals surface area contributed by atoms with Crippen LogP contribution < -0.4 is 5.69 Å². The maximum atomic E-state index is 12.6. The predicted molar refractivity (Wildman–Crippen MR) is 246 cm³/mol. The molecule has 0 saturated heterocycles. The Balaban J connectivity index is 1.12. The third-order valence-electron chi connectivity index (χ3n) is 10.2. The van der Waals surface area contributed by atoms with E-state index >= 15 is 0 Å². The van der Waals surface area contributed by atoms with Crippen molar-refractivity contribution >= 4 is 105 Å². The van der Waals surface area contributed by atoms with Gasteiger partial charge in [0.05, 0.1) is 32.5 Å². The van der Waals surface area contributed by atoms with E-state index in [-0.39, 0.29) is 47.2 Å². The zero-order valence-corrected chi connectivity index (χ0v) is 40.5. The summed E-state index contributed by atoms with van der Waals surface area (Å²) in [5.41, 5.74) is 1.10. The largest absolute Gasteiger partial charge is 0.348 e. The van der Waals surface area contributed by atoms with Crippen LogP contribution in [0.3, 0.4) is 0 Å². The molecule has 0 unspecified atom stereocenters. The molecule has 0 aliphatic rings. The third kappa shape index (κ3) is 11.9. The summed E-state index contributed by atoms with van der Waals surface area (Å²) >= 11 is 0. The lowest BCUT2D eigenvalue weighted by molar-refractivity contribution is 0.477. The van der Waals surface area contributed by atoms with Gasteiger partial charge in [0.1, 0.15) is 31.2 Å². The molecule has 0 amide bonds. The molecule has 0 radical (unpaired) electrons. The van der Waals surface area contributed by atoms with Gasteiger partial charge < -0.3 is 0 Å². The van der Waals surface area contributed by atoms with Crippen LogP contribution in [0.5, 0.6) is 0 Å². The third-order valence-corrected chi connectivity index (χ3v) is 15.4. The van der Waals surface area contributed by atoms with Crippen LogP contribution in [0.25, 0.3) is 21.5 Å². The second-order valence-corrected chi connectivity index (χ2v) is 23.7. The number of nitrogens with zero attached hydrogens (tertiary/aromatic N) is 6. The van der Waals surface area contributed by atoms with Gasteiger partial charge in [-0.25, -0.2) is 9.78 Å². The number of rotatable bonds is 14. The lowest BCUT2D eigenvalue weighted by Crippen LogP contribution is -2.18. The van der Waals surface area contributed by atoms with Crippen molar-refractivity contribution in [3.63, 3.8) is 0 Å². The first-order chi connectivity index (χ1) is 32.6. The minimum Gasteiger partial charge on any atom is -0.294 e. The lowest BCUT2D eigenvalue weighted by Gasteiger charge is -2.11. The second-order valence-electron chi connectivity index (χ2n) is 15.3. The molecule has 0 atom stereocenters. The summed E-state index contributed by atoms with van der Waals surface area (Å²) in [6, 6.07) is 14.8. The molecule has 7 aromatic rings. The van der Waals surface area contributed by atoms with Crippen molar-refractivity contribution in [2.45, 2.75) is 56.1 Å². The van der Waals surface area contributed by atoms with E-state index in [1.807, 2.05) is 0 Å². The first kappa shape index (κ1) is 52.1. The number of benzene rings is 6. The maximum Gasteiger partial charge on any atom is 0.348 e. The Morgan fingerprint density at radius 3 is 1.17 bits per heavy atom. The predicted octanol–water partition coefficient (Wildman–Crippen LogP) is 5.58. The highest BCUT2D eigenvalue weighted by Gasteiger charge is 2.27. The van der Waals surface area contributed by atoms with Gasteiger partial charge in [-0.1, -0.05) is 24.3 Å². The van der Waals surface area contributed by atoms with E-state index in [4.69, 9.17) is 0 Å². The van der Waals surface area contributed by atoms with Gasteiger partial charge in [0.15, 0.2) is 0 Å². The highest BCUT2D eigenvalue weighted by molar-refractivity contribution is 7.88. The number of nitrogens with one attached hydrogen (secondary N) is 1. The Morgan fingerprint density at radius 2 is 0.803 bits per heavy atom. The molecule has 0 bridgehead atoms. The van der Waals surface area contributed by atoms with Gasteiger partial charge in [0.2, 0.25) is 0 Å². The smallest absolute Gasteiger partial charge is 0.294 e. The summed E-state index contributed by atoms with van der Waals surface area (Å²) in [4.78, 5) is 17.1. The van der Waals surface area contributed by atoms with Gasteiger partial charge in [-0.3, -0.25) is 32.3 Å². The number of hydrogen-bond acceptors (Lipinski definition) is 19. The molecule has 0 spiro atoms. The average molecular weight is 1090 g/mol. The average Bonchev–Trinajstić information content (AvgIpc) is 3.22. The van der Waals surface area contributed by atoms with Crippen LogP contribution in [-0.4, -0.2) is 92.8 Å². The molecule has 0 aliphatic carbocycles. The van der Waals surface area contributed by atoms with Crippen LogP contribution in [-0.2, 0) is 73.6 Å². The van der Waals surface area contributed by atoms with E-state index in [0.717, 1.165) is 24.3 Å². The van der Waals surface area contributed by atoms with Crippen LogP contribution in [0, 0.1) is 13.8 Å². The van der Waals surface area contributed by atoms with E-state index in [9.17, 15) is 82.6 Å². The van der Waals surface area contributed by atoms with Crippen molar-refractivity contribution < 1.29 is 77.8 Å². The fraction of sp³-hybridized carbons (Fsp3) is 0.103. The van der Waals surface area contributed by atoms with Gasteiger partial charge in [-0.2, -0.15) is 75.9 Å². The van der Waals surface area contributed by atoms with Crippen LogP contribution in [0.4, 0.5) is 22.7 Å². The van der Waals surface area contributed by atoms with E-state index in [2.05, 4.69) is 35.4 Å². The SMILES string of the molecule is Cc1cc(Cc2nc(Cc3ccc(N=Nc4cc(S(=O)(=O)O)c5cc(S(=O)(=O)O)cc(S(=O)(=O)O)c5c4)c(C)c3)[nH]c(=O)n2)ccc1N=Nc1cc(S(=O)(=O)O)c2cc(S(=O)(=O)O)cc(S(=O)(=O)O)c2c1. The number of aryl methyl sites for hydroxylation is 2. The molecular formula is C39H31N7O19S6. The molecule has 372 valence electrons. The number of aromatic nitrogens is 3. The zero-order chi connectivity index (χ0) is 52.4. The minimum absolute atomic E-state index is 0.0291. The molecule has 71 heavy (non-hydrogen) atoms. The normalized spacial score (nSPS) is 13.2. The van der Waals surface area contributed by atoms with Gasteiger partial charge in [-0.05, 0) is 96.8 Å². The summed E-state index contributed by atoms with van der Waals surface area (Å²) in [5, 5.41) is 13.5. The lowest BCUT2D eigenvalue weighted by atomic mass is 10.1. The van der Waals surface area contributed by atoms with Crippen molar-refractivity contribution in [2.75, 3.05) is 0 Å². The van der Waals surface area contributed by atoms with E-state index in [1.54, 1.807) is 38.1 Å². The van der Waals surface area contributed by atoms with Crippen molar-refractivity contribution in [3.8, 4) is 0 Å². The van der Waals surface area contributed by atoms with E-state index in [0.29, 0.717) is 46.5 Å². The molecule has 1 aromatic heterocycles. The van der Waals surface area contributed by atoms with E-state index < -0.39 is 117 Å². The highest BCUT2D eigenvalue weighted by Crippen LogP contribution is 2.38. The minimum atomic E-state index is -5.26. The number of hydrogen-bond donors (Lipinski definition) is 7. The second kappa shape index (κ2) is 18.5. The first-order valence-electron chi connectivity index (χ1n) is 19.2. The van der Waals surface area contributed by atoms with Crippen molar-refractivity contribution in [1.29, 1.82) is 0 Å². The number of azo groups is 2. The van der Waals surface area contributed by atoms with Gasteiger partial charge in [0.25, 0.3) is 60.7 Å². The zero-order valence-electron chi connectivity index (χ0n) is 35.6. The van der Waals surface area contributed by atoms with Gasteiger partial charge in [0, 0.05) is 34.4 Å². The summed E-state index contributed by atoms with van der Waals surface area (Å²) < 4.78 is 204. The van der Waals surface area contributed by atoms with Gasteiger partial charge in [-0.15, -0.1) is 0 Å². The highest BCUT2D eigenvalue weighted by atomic mass is 32.2. The molecule has 0 fully saturated rings. The summed E-state index contributed by atoms with van der Waals surface area (Å²) in [6.07, 6.45) is 0.0938. The molecule has 26 nitrogen and oxygen atoms in total. The molecular weight excluding hydrogens is 1060 g/mol. The maximum absolute atomic E-state index is 12.6. The van der Waals surface area contributed by atoms with Crippen LogP contribution in [0.1, 0.15) is 33.9 Å². The Kier molecular flexibility index (Phi) is 13.6. The standard InChI is InChI=1S/C39H31N7O19S6/c1-19-7-21(3-5-31(19)45-43-23-11-27-29(33(13-23)68(54,55)56)15-25(66(48,49)50)17-35(27)70(60,61)62)9-37-40-38(42-39(47)41-37)10-22-4-6-32(20(2)8-22)46-44-24-12-28-30(34(14-24)69(57,58)59)16-26(67(51,52)53)18-36(28)71(63,64)65/h3-8,11-18H,9-10H2,1-2H3,(H,48,49,50)(H,51,52,53)(H,54,55,56)(H,57,58,59)(H,60,61,62)(H,63,64,65)(H,40,41,42,47). The number of aromatic amines is 1. The Bertz CT molecular complexity index is 4010. The Labute approximate surface area is 401 Å². The van der Waals surface area contributed by atoms with E-state index in [1.165, 1.54) is 12.1 Å². The topological polar surface area (TPSA) is 434 Å².